The second kappa shape index (κ2) is 8.66. The van der Waals surface area contributed by atoms with Gasteiger partial charge in [-0.25, -0.2) is 4.79 Å². The summed E-state index contributed by atoms with van der Waals surface area (Å²) < 4.78 is 30.5. The molecule has 0 bridgehead atoms. The highest BCUT2D eigenvalue weighted by atomic mass is 32.2. The molecule has 2 N–H and O–H groups in total. The number of aromatic carboxylic acids is 1. The van der Waals surface area contributed by atoms with Gasteiger partial charge in [0.25, 0.3) is 10.0 Å². The molecule has 4 aromatic rings. The van der Waals surface area contributed by atoms with Crippen LogP contribution in [0, 0.1) is 0 Å². The maximum Gasteiger partial charge on any atom is 0.335 e. The fourth-order valence-electron chi connectivity index (χ4n) is 3.86. The quantitative estimate of drug-likeness (QED) is 0.418. The highest BCUT2D eigenvalue weighted by Crippen LogP contribution is 2.26. The van der Waals surface area contributed by atoms with Gasteiger partial charge in [0.05, 0.1) is 21.9 Å². The molecule has 0 atom stereocenters. The summed E-state index contributed by atoms with van der Waals surface area (Å²) in [7, 11) is -4.08. The first-order valence-electron chi connectivity index (χ1n) is 10.6. The van der Waals surface area contributed by atoms with E-state index in [4.69, 9.17) is 5.11 Å². The third-order valence-corrected chi connectivity index (χ3v) is 6.91. The number of hydrogen-bond donors (Lipinski definition) is 2. The highest BCUT2D eigenvalue weighted by Gasteiger charge is 2.26. The van der Waals surface area contributed by atoms with E-state index in [9.17, 15) is 18.0 Å². The molecule has 0 spiro atoms. The predicted octanol–water partition coefficient (Wildman–Crippen LogP) is 4.91. The molecule has 4 aromatic carbocycles. The molecule has 0 heterocycles. The number of rotatable bonds is 5. The van der Waals surface area contributed by atoms with Gasteiger partial charge in [-0.05, 0) is 53.2 Å². The Bertz CT molecular complexity index is 1670. The number of carbonyl (C=O) groups excluding carboxylic acids is 1. The SMILES string of the molecule is O=C(O)c1ccc(NC2=C/C(=N\S(=O)(=O)c3ccc4ccccc4c3)c3ccccc3C2=O)cc1. The monoisotopic (exact) mass is 482 g/mol. The van der Waals surface area contributed by atoms with Crippen molar-refractivity contribution in [1.29, 1.82) is 0 Å². The Kier molecular flexibility index (Phi) is 5.50. The van der Waals surface area contributed by atoms with Gasteiger partial charge in [-0.1, -0.05) is 54.6 Å². The maximum absolute atomic E-state index is 13.2. The van der Waals surface area contributed by atoms with E-state index in [-0.39, 0.29) is 27.7 Å². The zero-order chi connectivity index (χ0) is 24.6. The van der Waals surface area contributed by atoms with E-state index in [0.717, 1.165) is 10.8 Å². The van der Waals surface area contributed by atoms with Crippen LogP contribution >= 0.6 is 0 Å². The van der Waals surface area contributed by atoms with E-state index >= 15 is 0 Å². The van der Waals surface area contributed by atoms with Crippen LogP contribution in [0.25, 0.3) is 10.8 Å². The summed E-state index contributed by atoms with van der Waals surface area (Å²) in [5.74, 6) is -1.39. The van der Waals surface area contributed by atoms with E-state index in [1.54, 1.807) is 36.4 Å². The number of ketones is 1. The first-order valence-corrected chi connectivity index (χ1v) is 12.1. The number of anilines is 1. The molecule has 7 nitrogen and oxygen atoms in total. The molecule has 5 rings (SSSR count). The van der Waals surface area contributed by atoms with Gasteiger partial charge < -0.3 is 10.4 Å². The number of allylic oxidation sites excluding steroid dienone is 2. The molecule has 0 saturated carbocycles. The molecule has 35 heavy (non-hydrogen) atoms. The lowest BCUT2D eigenvalue weighted by atomic mass is 9.92. The van der Waals surface area contributed by atoms with Crippen molar-refractivity contribution in [2.75, 3.05) is 5.32 Å². The van der Waals surface area contributed by atoms with Crippen LogP contribution in [0.15, 0.2) is 112 Å². The van der Waals surface area contributed by atoms with Crippen LogP contribution in [-0.2, 0) is 10.0 Å². The molecule has 0 amide bonds. The third kappa shape index (κ3) is 4.34. The van der Waals surface area contributed by atoms with Crippen LogP contribution in [0.3, 0.4) is 0 Å². The Morgan fingerprint density at radius 1 is 0.800 bits per heavy atom. The van der Waals surface area contributed by atoms with Crippen molar-refractivity contribution < 1.29 is 23.1 Å². The zero-order valence-corrected chi connectivity index (χ0v) is 19.0. The summed E-state index contributed by atoms with van der Waals surface area (Å²) in [6.45, 7) is 0. The Balaban J connectivity index is 1.57. The Hall–Kier alpha value is -4.56. The summed E-state index contributed by atoms with van der Waals surface area (Å²) in [6.07, 6.45) is 1.40. The van der Waals surface area contributed by atoms with E-state index in [1.807, 2.05) is 24.3 Å². The predicted molar refractivity (Wildman–Crippen MR) is 134 cm³/mol. The number of benzene rings is 4. The second-order valence-electron chi connectivity index (χ2n) is 7.90. The minimum absolute atomic E-state index is 0.0465. The third-order valence-electron chi connectivity index (χ3n) is 5.62. The maximum atomic E-state index is 13.2. The molecule has 0 aliphatic heterocycles. The number of nitrogens with one attached hydrogen (secondary N) is 1. The van der Waals surface area contributed by atoms with E-state index in [0.29, 0.717) is 16.8 Å². The number of carboxylic acids is 1. The summed E-state index contributed by atoms with van der Waals surface area (Å²) in [6, 6.07) is 24.8. The number of sulfonamides is 1. The fourth-order valence-corrected chi connectivity index (χ4v) is 4.89. The van der Waals surface area contributed by atoms with Gasteiger partial charge in [0.1, 0.15) is 0 Å². The van der Waals surface area contributed by atoms with Crippen molar-refractivity contribution in [1.82, 2.24) is 0 Å². The molecular weight excluding hydrogens is 464 g/mol. The van der Waals surface area contributed by atoms with Crippen molar-refractivity contribution in [3.63, 3.8) is 0 Å². The minimum atomic E-state index is -4.08. The van der Waals surface area contributed by atoms with E-state index < -0.39 is 16.0 Å². The molecule has 8 heteroatoms. The van der Waals surface area contributed by atoms with Crippen LogP contribution in [0.5, 0.6) is 0 Å². The Morgan fingerprint density at radius 2 is 1.46 bits per heavy atom. The molecule has 0 aromatic heterocycles. The molecule has 1 aliphatic carbocycles. The smallest absolute Gasteiger partial charge is 0.335 e. The van der Waals surface area contributed by atoms with Crippen molar-refractivity contribution in [2.45, 2.75) is 4.90 Å². The summed E-state index contributed by atoms with van der Waals surface area (Å²) in [5, 5.41) is 13.7. The first kappa shape index (κ1) is 22.2. The molecule has 0 radical (unpaired) electrons. The zero-order valence-electron chi connectivity index (χ0n) is 18.2. The lowest BCUT2D eigenvalue weighted by Gasteiger charge is -2.19. The van der Waals surface area contributed by atoms with Crippen LogP contribution in [-0.4, -0.2) is 31.0 Å². The van der Waals surface area contributed by atoms with Gasteiger partial charge in [0, 0.05) is 16.8 Å². The fraction of sp³-hybridized carbons (Fsp3) is 0. The standard InChI is InChI=1S/C27H18N2O5S/c30-26-23-8-4-3-7-22(23)24(16-25(26)28-20-12-9-18(10-13-20)27(31)32)29-35(33,34)21-14-11-17-5-1-2-6-19(17)15-21/h1-16,28H,(H,31,32)/b29-24+. The first-order chi connectivity index (χ1) is 16.8. The van der Waals surface area contributed by atoms with Crippen molar-refractivity contribution >= 4 is 43.9 Å². The second-order valence-corrected chi connectivity index (χ2v) is 9.50. The molecule has 1 aliphatic rings. The topological polar surface area (TPSA) is 113 Å². The highest BCUT2D eigenvalue weighted by molar-refractivity contribution is 7.90. The number of carboxylic acid groups (broad SMARTS) is 1. The molecular formula is C27H18N2O5S. The van der Waals surface area contributed by atoms with Crippen molar-refractivity contribution in [2.24, 2.45) is 4.40 Å². The number of Topliss-reactive ketones (excluding diaryl/α,β-unsaturated/α-hetero) is 1. The van der Waals surface area contributed by atoms with Crippen LogP contribution in [0.2, 0.25) is 0 Å². The van der Waals surface area contributed by atoms with Crippen molar-refractivity contribution in [3.8, 4) is 0 Å². The summed E-state index contributed by atoms with van der Waals surface area (Å²) in [4.78, 5) is 24.2. The Morgan fingerprint density at radius 3 is 2.17 bits per heavy atom. The molecule has 0 saturated heterocycles. The Labute approximate surface area is 201 Å². The average Bonchev–Trinajstić information content (AvgIpc) is 2.86. The largest absolute Gasteiger partial charge is 0.478 e. The van der Waals surface area contributed by atoms with Crippen LogP contribution < -0.4 is 5.32 Å². The average molecular weight is 483 g/mol. The summed E-state index contributed by atoms with van der Waals surface area (Å²) in [5.41, 5.74) is 1.55. The van der Waals surface area contributed by atoms with Gasteiger partial charge in [-0.15, -0.1) is 0 Å². The lowest BCUT2D eigenvalue weighted by Crippen LogP contribution is -2.22. The molecule has 172 valence electrons. The normalized spacial score (nSPS) is 14.5. The number of carbonyl (C=O) groups is 2. The van der Waals surface area contributed by atoms with E-state index in [2.05, 4.69) is 9.71 Å². The number of fused-ring (bicyclic) bond motifs is 2. The van der Waals surface area contributed by atoms with Gasteiger partial charge >= 0.3 is 5.97 Å². The van der Waals surface area contributed by atoms with Gasteiger partial charge in [0.15, 0.2) is 0 Å². The number of hydrogen-bond acceptors (Lipinski definition) is 5. The van der Waals surface area contributed by atoms with Gasteiger partial charge in [0.2, 0.25) is 5.78 Å². The number of nitrogens with zero attached hydrogens (tertiary/aromatic N) is 1. The van der Waals surface area contributed by atoms with Crippen LogP contribution in [0.4, 0.5) is 5.69 Å². The van der Waals surface area contributed by atoms with E-state index in [1.165, 1.54) is 36.4 Å². The lowest BCUT2D eigenvalue weighted by molar-refractivity contribution is 0.0696. The molecule has 0 unspecified atom stereocenters. The van der Waals surface area contributed by atoms with Gasteiger partial charge in [-0.3, -0.25) is 4.79 Å². The molecule has 0 fully saturated rings. The van der Waals surface area contributed by atoms with Crippen LogP contribution in [0.1, 0.15) is 26.3 Å². The summed E-state index contributed by atoms with van der Waals surface area (Å²) >= 11 is 0. The van der Waals surface area contributed by atoms with Gasteiger partial charge in [-0.2, -0.15) is 12.8 Å². The van der Waals surface area contributed by atoms with Crippen molar-refractivity contribution in [3.05, 3.63) is 119 Å². The minimum Gasteiger partial charge on any atom is -0.478 e.